The Balaban J connectivity index is 2.43. The molecule has 0 aliphatic heterocycles. The standard InChI is InChI=1S/C14H19F2NO/c1-17(2)14(8-3-4-9-14)13(18)12-10(15)6-5-7-11(12)16/h5-7,13,18H,3-4,8-9H2,1-2H3. The average molecular weight is 255 g/mol. The van der Waals surface area contributed by atoms with Gasteiger partial charge in [-0.05, 0) is 39.1 Å². The first-order chi connectivity index (χ1) is 8.49. The van der Waals surface area contributed by atoms with E-state index < -0.39 is 23.3 Å². The zero-order valence-electron chi connectivity index (χ0n) is 10.8. The van der Waals surface area contributed by atoms with Gasteiger partial charge in [0.1, 0.15) is 17.7 Å². The van der Waals surface area contributed by atoms with Crippen LogP contribution in [0.3, 0.4) is 0 Å². The van der Waals surface area contributed by atoms with Gasteiger partial charge in [-0.3, -0.25) is 0 Å². The molecule has 1 saturated carbocycles. The fourth-order valence-electron chi connectivity index (χ4n) is 2.99. The Labute approximate surface area is 106 Å². The van der Waals surface area contributed by atoms with Crippen molar-refractivity contribution in [3.8, 4) is 0 Å². The van der Waals surface area contributed by atoms with E-state index in [1.54, 1.807) is 0 Å². The maximum absolute atomic E-state index is 13.8. The molecule has 100 valence electrons. The summed E-state index contributed by atoms with van der Waals surface area (Å²) >= 11 is 0. The SMILES string of the molecule is CN(C)C1(C(O)c2c(F)cccc2F)CCCC1. The van der Waals surface area contributed by atoms with Gasteiger partial charge in [-0.2, -0.15) is 0 Å². The van der Waals surface area contributed by atoms with Crippen LogP contribution in [0.15, 0.2) is 18.2 Å². The lowest BCUT2D eigenvalue weighted by Gasteiger charge is -2.40. The second kappa shape index (κ2) is 4.94. The first-order valence-electron chi connectivity index (χ1n) is 6.28. The van der Waals surface area contributed by atoms with Crippen molar-refractivity contribution in [2.45, 2.75) is 37.3 Å². The van der Waals surface area contributed by atoms with E-state index in [9.17, 15) is 13.9 Å². The highest BCUT2D eigenvalue weighted by molar-refractivity contribution is 5.26. The molecular formula is C14H19F2NO. The van der Waals surface area contributed by atoms with Gasteiger partial charge >= 0.3 is 0 Å². The molecule has 0 spiro atoms. The van der Waals surface area contributed by atoms with Crippen molar-refractivity contribution in [3.05, 3.63) is 35.4 Å². The molecule has 2 rings (SSSR count). The fourth-order valence-corrected chi connectivity index (χ4v) is 2.99. The normalized spacial score (nSPS) is 20.3. The molecule has 1 atom stereocenters. The number of benzene rings is 1. The molecule has 1 fully saturated rings. The lowest BCUT2D eigenvalue weighted by Crippen LogP contribution is -2.47. The molecule has 0 aromatic heterocycles. The third-order valence-corrected chi connectivity index (χ3v) is 4.14. The van der Waals surface area contributed by atoms with Crippen LogP contribution in [0.1, 0.15) is 37.4 Å². The van der Waals surface area contributed by atoms with Gasteiger partial charge in [-0.25, -0.2) is 8.78 Å². The molecule has 0 bridgehead atoms. The fraction of sp³-hybridized carbons (Fsp3) is 0.571. The van der Waals surface area contributed by atoms with E-state index in [-0.39, 0.29) is 5.56 Å². The van der Waals surface area contributed by atoms with Crippen LogP contribution in [0.5, 0.6) is 0 Å². The Kier molecular flexibility index (Phi) is 3.69. The van der Waals surface area contributed by atoms with Crippen molar-refractivity contribution >= 4 is 0 Å². The van der Waals surface area contributed by atoms with E-state index in [1.807, 2.05) is 19.0 Å². The summed E-state index contributed by atoms with van der Waals surface area (Å²) in [5.41, 5.74) is -0.753. The van der Waals surface area contributed by atoms with Gasteiger partial charge in [0.15, 0.2) is 0 Å². The number of aliphatic hydroxyl groups is 1. The predicted molar refractivity (Wildman–Crippen MR) is 66.2 cm³/mol. The number of likely N-dealkylation sites (N-methyl/N-ethyl adjacent to an activating group) is 1. The average Bonchev–Trinajstić information content (AvgIpc) is 2.78. The molecule has 0 saturated heterocycles. The third-order valence-electron chi connectivity index (χ3n) is 4.14. The number of hydrogen-bond donors (Lipinski definition) is 1. The highest BCUT2D eigenvalue weighted by Gasteiger charge is 2.45. The quantitative estimate of drug-likeness (QED) is 0.897. The molecule has 2 nitrogen and oxygen atoms in total. The maximum Gasteiger partial charge on any atom is 0.132 e. The zero-order valence-corrected chi connectivity index (χ0v) is 10.8. The molecule has 0 heterocycles. The van der Waals surface area contributed by atoms with Crippen molar-refractivity contribution in [1.82, 2.24) is 4.90 Å². The predicted octanol–water partition coefficient (Wildman–Crippen LogP) is 2.87. The van der Waals surface area contributed by atoms with E-state index in [1.165, 1.54) is 18.2 Å². The Morgan fingerprint density at radius 1 is 1.17 bits per heavy atom. The van der Waals surface area contributed by atoms with E-state index in [4.69, 9.17) is 0 Å². The zero-order chi connectivity index (χ0) is 13.3. The van der Waals surface area contributed by atoms with Crippen LogP contribution in [0, 0.1) is 11.6 Å². The lowest BCUT2D eigenvalue weighted by molar-refractivity contribution is -0.00883. The van der Waals surface area contributed by atoms with Crippen molar-refractivity contribution in [1.29, 1.82) is 0 Å². The summed E-state index contributed by atoms with van der Waals surface area (Å²) in [5.74, 6) is -1.34. The molecule has 1 aromatic rings. The summed E-state index contributed by atoms with van der Waals surface area (Å²) in [7, 11) is 3.71. The Bertz CT molecular complexity index is 408. The molecule has 1 aliphatic carbocycles. The van der Waals surface area contributed by atoms with Gasteiger partial charge in [0, 0.05) is 0 Å². The van der Waals surface area contributed by atoms with Crippen molar-refractivity contribution in [2.24, 2.45) is 0 Å². The molecule has 4 heteroatoms. The van der Waals surface area contributed by atoms with Crippen LogP contribution in [-0.4, -0.2) is 29.6 Å². The van der Waals surface area contributed by atoms with Gasteiger partial charge in [-0.1, -0.05) is 18.9 Å². The summed E-state index contributed by atoms with van der Waals surface area (Å²) in [4.78, 5) is 1.90. The molecular weight excluding hydrogens is 236 g/mol. The molecule has 1 aromatic carbocycles. The van der Waals surface area contributed by atoms with Crippen molar-refractivity contribution in [2.75, 3.05) is 14.1 Å². The van der Waals surface area contributed by atoms with Crippen molar-refractivity contribution < 1.29 is 13.9 Å². The summed E-state index contributed by atoms with van der Waals surface area (Å²) in [6.45, 7) is 0. The monoisotopic (exact) mass is 255 g/mol. The second-order valence-corrected chi connectivity index (χ2v) is 5.24. The molecule has 0 amide bonds. The molecule has 1 N–H and O–H groups in total. The summed E-state index contributed by atoms with van der Waals surface area (Å²) < 4.78 is 27.5. The Hall–Kier alpha value is -1.00. The van der Waals surface area contributed by atoms with Crippen molar-refractivity contribution in [3.63, 3.8) is 0 Å². The highest BCUT2D eigenvalue weighted by Crippen LogP contribution is 2.44. The van der Waals surface area contributed by atoms with E-state index in [0.29, 0.717) is 0 Å². The van der Waals surface area contributed by atoms with Crippen LogP contribution in [0.25, 0.3) is 0 Å². The second-order valence-electron chi connectivity index (χ2n) is 5.24. The van der Waals surface area contributed by atoms with Gasteiger partial charge in [0.25, 0.3) is 0 Å². The van der Waals surface area contributed by atoms with Gasteiger partial charge in [0.2, 0.25) is 0 Å². The summed E-state index contributed by atoms with van der Waals surface area (Å²) in [6.07, 6.45) is 2.34. The Morgan fingerprint density at radius 2 is 1.67 bits per heavy atom. The number of halogens is 2. The minimum atomic E-state index is -1.13. The molecule has 1 unspecified atom stereocenters. The van der Waals surface area contributed by atoms with Crippen LogP contribution in [0.4, 0.5) is 8.78 Å². The minimum absolute atomic E-state index is 0.201. The third kappa shape index (κ3) is 2.04. The highest BCUT2D eigenvalue weighted by atomic mass is 19.1. The summed E-state index contributed by atoms with van der Waals surface area (Å²) in [5, 5.41) is 10.5. The number of aliphatic hydroxyl groups excluding tert-OH is 1. The lowest BCUT2D eigenvalue weighted by atomic mass is 9.84. The number of rotatable bonds is 3. The summed E-state index contributed by atoms with van der Waals surface area (Å²) in [6, 6.07) is 3.71. The van der Waals surface area contributed by atoms with Crippen LogP contribution < -0.4 is 0 Å². The first-order valence-corrected chi connectivity index (χ1v) is 6.28. The largest absolute Gasteiger partial charge is 0.386 e. The smallest absolute Gasteiger partial charge is 0.132 e. The maximum atomic E-state index is 13.8. The molecule has 18 heavy (non-hydrogen) atoms. The Morgan fingerprint density at radius 3 is 2.11 bits per heavy atom. The number of hydrogen-bond acceptors (Lipinski definition) is 2. The minimum Gasteiger partial charge on any atom is -0.386 e. The topological polar surface area (TPSA) is 23.5 Å². The molecule has 1 aliphatic rings. The van der Waals surface area contributed by atoms with Gasteiger partial charge in [-0.15, -0.1) is 0 Å². The van der Waals surface area contributed by atoms with Crippen LogP contribution in [-0.2, 0) is 0 Å². The van der Waals surface area contributed by atoms with Gasteiger partial charge in [0.05, 0.1) is 11.1 Å². The van der Waals surface area contributed by atoms with E-state index >= 15 is 0 Å². The van der Waals surface area contributed by atoms with E-state index in [2.05, 4.69) is 0 Å². The van der Waals surface area contributed by atoms with Gasteiger partial charge < -0.3 is 10.0 Å². The van der Waals surface area contributed by atoms with Crippen LogP contribution in [0.2, 0.25) is 0 Å². The molecule has 0 radical (unpaired) electrons. The number of nitrogens with zero attached hydrogens (tertiary/aromatic N) is 1. The first kappa shape index (κ1) is 13.4. The van der Waals surface area contributed by atoms with E-state index in [0.717, 1.165) is 25.7 Å². The van der Waals surface area contributed by atoms with Crippen LogP contribution >= 0.6 is 0 Å².